The number of likely N-dealkylation sites (tertiary alicyclic amines) is 1. The molecule has 14 heteroatoms. The minimum atomic E-state index is -5.08. The first-order valence-electron chi connectivity index (χ1n) is 11.9. The quantitative estimate of drug-likeness (QED) is 0.495. The van der Waals surface area contributed by atoms with E-state index in [1.54, 1.807) is 23.2 Å². The minimum Gasteiger partial charge on any atom is -0.475 e. The van der Waals surface area contributed by atoms with Gasteiger partial charge in [-0.3, -0.25) is 34.0 Å². The molecule has 11 nitrogen and oxygen atoms in total. The average Bonchev–Trinajstić information content (AvgIpc) is 3.23. The summed E-state index contributed by atoms with van der Waals surface area (Å²) in [6.07, 6.45) is 4.58. The summed E-state index contributed by atoms with van der Waals surface area (Å²) in [5, 5.41) is 11.8. The number of aromatic nitrogens is 6. The van der Waals surface area contributed by atoms with Gasteiger partial charge in [-0.1, -0.05) is 6.07 Å². The molecule has 38 heavy (non-hydrogen) atoms. The summed E-state index contributed by atoms with van der Waals surface area (Å²) in [5.41, 5.74) is 1.38. The van der Waals surface area contributed by atoms with Gasteiger partial charge < -0.3 is 5.11 Å². The SMILES string of the molecule is Cc1cnc(Cn2nc3n(c(=O)c2=O)CCC32CCN(Cc3cccnc3)CC2)cn1.O=C(O)C(F)(F)F. The number of carboxylic acid groups (broad SMARTS) is 1. The monoisotopic (exact) mass is 533 g/mol. The Hall–Kier alpha value is -3.94. The van der Waals surface area contributed by atoms with Crippen molar-refractivity contribution in [3.63, 3.8) is 0 Å². The number of aryl methyl sites for hydroxylation is 1. The molecule has 1 fully saturated rings. The molecule has 0 radical (unpaired) electrons. The summed E-state index contributed by atoms with van der Waals surface area (Å²) in [5.74, 6) is -2.01. The summed E-state index contributed by atoms with van der Waals surface area (Å²) in [7, 11) is 0. The second kappa shape index (κ2) is 10.8. The molecule has 2 aliphatic rings. The van der Waals surface area contributed by atoms with Gasteiger partial charge in [0.2, 0.25) is 0 Å². The lowest BCUT2D eigenvalue weighted by Gasteiger charge is -2.38. The molecule has 0 aromatic carbocycles. The summed E-state index contributed by atoms with van der Waals surface area (Å²) in [6, 6.07) is 4.05. The van der Waals surface area contributed by atoms with E-state index in [0.717, 1.165) is 50.4 Å². The van der Waals surface area contributed by atoms with Crippen molar-refractivity contribution in [2.24, 2.45) is 0 Å². The molecule has 0 amide bonds. The first-order valence-corrected chi connectivity index (χ1v) is 11.9. The minimum absolute atomic E-state index is 0.151. The van der Waals surface area contributed by atoms with Crippen LogP contribution in [0.5, 0.6) is 0 Å². The standard InChI is InChI=1S/C22H25N7O2.C2HF3O2/c1-16-11-25-18(13-24-16)15-29-20(31)19(30)28-10-6-22(21(28)26-29)4-8-27(9-5-22)14-17-3-2-7-23-12-17;3-2(4,5)1(6)7/h2-3,7,11-13H,4-6,8-10,14-15H2,1H3;(H,6,7). The van der Waals surface area contributed by atoms with E-state index in [2.05, 4.69) is 31.0 Å². The molecular formula is C24H26F3N7O4. The van der Waals surface area contributed by atoms with Crippen molar-refractivity contribution in [1.29, 1.82) is 0 Å². The zero-order valence-electron chi connectivity index (χ0n) is 20.6. The fourth-order valence-corrected chi connectivity index (χ4v) is 4.70. The number of alkyl halides is 3. The van der Waals surface area contributed by atoms with Crippen LogP contribution in [0.15, 0.2) is 46.5 Å². The molecule has 1 N–H and O–H groups in total. The second-order valence-corrected chi connectivity index (χ2v) is 9.36. The van der Waals surface area contributed by atoms with Crippen molar-refractivity contribution < 1.29 is 23.1 Å². The van der Waals surface area contributed by atoms with E-state index in [0.29, 0.717) is 12.2 Å². The van der Waals surface area contributed by atoms with Crippen LogP contribution < -0.4 is 11.1 Å². The van der Waals surface area contributed by atoms with Crippen LogP contribution in [0.4, 0.5) is 13.2 Å². The van der Waals surface area contributed by atoms with Crippen molar-refractivity contribution in [3.05, 3.63) is 80.4 Å². The van der Waals surface area contributed by atoms with Gasteiger partial charge in [0, 0.05) is 37.1 Å². The molecule has 0 atom stereocenters. The maximum atomic E-state index is 12.8. The summed E-state index contributed by atoms with van der Waals surface area (Å²) in [6.45, 7) is 5.28. The topological polar surface area (TPSA) is 136 Å². The Morgan fingerprint density at radius 2 is 1.71 bits per heavy atom. The third kappa shape index (κ3) is 5.96. The van der Waals surface area contributed by atoms with Gasteiger partial charge >= 0.3 is 23.3 Å². The number of piperidine rings is 1. The van der Waals surface area contributed by atoms with Crippen LogP contribution in [0.3, 0.4) is 0 Å². The van der Waals surface area contributed by atoms with Crippen LogP contribution in [-0.2, 0) is 29.8 Å². The number of fused-ring (bicyclic) bond motifs is 2. The number of nitrogens with zero attached hydrogens (tertiary/aromatic N) is 7. The second-order valence-electron chi connectivity index (χ2n) is 9.36. The van der Waals surface area contributed by atoms with Crippen LogP contribution in [0, 0.1) is 6.92 Å². The van der Waals surface area contributed by atoms with Crippen LogP contribution in [-0.4, -0.2) is 64.5 Å². The fourth-order valence-electron chi connectivity index (χ4n) is 4.70. The predicted molar refractivity (Wildman–Crippen MR) is 127 cm³/mol. The molecule has 1 saturated heterocycles. The average molecular weight is 534 g/mol. The predicted octanol–water partition coefficient (Wildman–Crippen LogP) is 1.52. The number of aliphatic carboxylic acids is 1. The largest absolute Gasteiger partial charge is 0.490 e. The lowest BCUT2D eigenvalue weighted by atomic mass is 9.76. The lowest BCUT2D eigenvalue weighted by molar-refractivity contribution is -0.192. The number of pyridine rings is 1. The highest BCUT2D eigenvalue weighted by Gasteiger charge is 2.44. The number of hydrogen-bond acceptors (Lipinski definition) is 8. The van der Waals surface area contributed by atoms with Gasteiger partial charge in [-0.15, -0.1) is 0 Å². The first kappa shape index (κ1) is 27.1. The van der Waals surface area contributed by atoms with E-state index in [4.69, 9.17) is 9.90 Å². The Balaban J connectivity index is 0.000000426. The Morgan fingerprint density at radius 3 is 2.29 bits per heavy atom. The van der Waals surface area contributed by atoms with Crippen molar-refractivity contribution in [2.75, 3.05) is 13.1 Å². The Bertz CT molecular complexity index is 1400. The van der Waals surface area contributed by atoms with E-state index in [1.165, 1.54) is 10.2 Å². The molecule has 1 spiro atoms. The Morgan fingerprint density at radius 1 is 1.03 bits per heavy atom. The highest BCUT2D eigenvalue weighted by Crippen LogP contribution is 2.41. The Kier molecular flexibility index (Phi) is 7.71. The van der Waals surface area contributed by atoms with E-state index in [9.17, 15) is 22.8 Å². The van der Waals surface area contributed by atoms with Gasteiger partial charge in [0.25, 0.3) is 0 Å². The van der Waals surface area contributed by atoms with Crippen molar-refractivity contribution >= 4 is 5.97 Å². The molecule has 0 unspecified atom stereocenters. The van der Waals surface area contributed by atoms with Crippen LogP contribution >= 0.6 is 0 Å². The molecule has 2 aliphatic heterocycles. The lowest BCUT2D eigenvalue weighted by Crippen LogP contribution is -2.47. The Labute approximate surface area is 214 Å². The van der Waals surface area contributed by atoms with E-state index < -0.39 is 23.3 Å². The molecule has 5 rings (SSSR count). The first-order chi connectivity index (χ1) is 18.0. The number of carbonyl (C=O) groups is 1. The smallest absolute Gasteiger partial charge is 0.475 e. The van der Waals surface area contributed by atoms with Crippen LogP contribution in [0.25, 0.3) is 0 Å². The van der Waals surface area contributed by atoms with Gasteiger partial charge in [-0.25, -0.2) is 9.48 Å². The van der Waals surface area contributed by atoms with E-state index in [1.807, 2.05) is 19.2 Å². The number of rotatable bonds is 4. The number of hydrogen-bond donors (Lipinski definition) is 1. The molecule has 0 saturated carbocycles. The fraction of sp³-hybridized carbons (Fsp3) is 0.458. The molecule has 0 aliphatic carbocycles. The molecule has 5 heterocycles. The maximum Gasteiger partial charge on any atom is 0.490 e. The van der Waals surface area contributed by atoms with Crippen molar-refractivity contribution in [2.45, 2.75) is 57.4 Å². The van der Waals surface area contributed by atoms with E-state index in [-0.39, 0.29) is 12.0 Å². The summed E-state index contributed by atoms with van der Waals surface area (Å²) in [4.78, 5) is 49.5. The third-order valence-electron chi connectivity index (χ3n) is 6.75. The normalized spacial score (nSPS) is 16.5. The van der Waals surface area contributed by atoms with Gasteiger partial charge in [-0.2, -0.15) is 18.3 Å². The van der Waals surface area contributed by atoms with Gasteiger partial charge in [0.1, 0.15) is 5.82 Å². The van der Waals surface area contributed by atoms with Gasteiger partial charge in [0.15, 0.2) is 0 Å². The van der Waals surface area contributed by atoms with Crippen molar-refractivity contribution in [1.82, 2.24) is 34.2 Å². The highest BCUT2D eigenvalue weighted by atomic mass is 19.4. The van der Waals surface area contributed by atoms with Crippen LogP contribution in [0.1, 0.15) is 42.0 Å². The van der Waals surface area contributed by atoms with E-state index >= 15 is 0 Å². The molecular weight excluding hydrogens is 507 g/mol. The summed E-state index contributed by atoms with van der Waals surface area (Å²) < 4.78 is 34.6. The molecule has 3 aromatic heterocycles. The van der Waals surface area contributed by atoms with Crippen molar-refractivity contribution in [3.8, 4) is 0 Å². The summed E-state index contributed by atoms with van der Waals surface area (Å²) >= 11 is 0. The zero-order valence-corrected chi connectivity index (χ0v) is 20.6. The number of carboxylic acids is 1. The van der Waals surface area contributed by atoms with Crippen LogP contribution in [0.2, 0.25) is 0 Å². The maximum absolute atomic E-state index is 12.8. The third-order valence-corrected chi connectivity index (χ3v) is 6.75. The molecule has 0 bridgehead atoms. The molecule has 202 valence electrons. The number of halogens is 3. The van der Waals surface area contributed by atoms with Gasteiger partial charge in [-0.05, 0) is 50.9 Å². The van der Waals surface area contributed by atoms with Gasteiger partial charge in [0.05, 0.1) is 24.1 Å². The molecule has 3 aromatic rings. The highest BCUT2D eigenvalue weighted by molar-refractivity contribution is 5.73. The zero-order chi connectivity index (χ0) is 27.5.